The highest BCUT2D eigenvalue weighted by Crippen LogP contribution is 2.21. The molecule has 0 saturated carbocycles. The number of rotatable bonds is 6. The number of carbonyl (C=O) groups excluding carboxylic acids is 1. The van der Waals surface area contributed by atoms with E-state index in [0.29, 0.717) is 17.1 Å². The van der Waals surface area contributed by atoms with Gasteiger partial charge < -0.3 is 15.2 Å². The second kappa shape index (κ2) is 7.45. The van der Waals surface area contributed by atoms with Gasteiger partial charge in [-0.15, -0.1) is 0 Å². The molecule has 2 N–H and O–H groups in total. The Balaban J connectivity index is 2.12. The summed E-state index contributed by atoms with van der Waals surface area (Å²) >= 11 is 0. The van der Waals surface area contributed by atoms with E-state index in [1.165, 1.54) is 0 Å². The quantitative estimate of drug-likeness (QED) is 0.858. The van der Waals surface area contributed by atoms with Gasteiger partial charge in [-0.2, -0.15) is 0 Å². The Morgan fingerprint density at radius 3 is 2.26 bits per heavy atom. The van der Waals surface area contributed by atoms with Crippen LogP contribution in [-0.2, 0) is 4.79 Å². The molecule has 5 nitrogen and oxygen atoms in total. The van der Waals surface area contributed by atoms with E-state index in [0.717, 1.165) is 0 Å². The van der Waals surface area contributed by atoms with E-state index in [1.54, 1.807) is 38.1 Å². The molecule has 5 heteroatoms. The monoisotopic (exact) mass is 313 g/mol. The van der Waals surface area contributed by atoms with E-state index in [4.69, 9.17) is 9.84 Å². The molecule has 0 heterocycles. The summed E-state index contributed by atoms with van der Waals surface area (Å²) in [6, 6.07) is 14.9. The largest absolute Gasteiger partial charge is 0.480 e. The molecule has 23 heavy (non-hydrogen) atoms. The molecule has 0 bridgehead atoms. The van der Waals surface area contributed by atoms with Crippen LogP contribution in [0.25, 0.3) is 0 Å². The number of carboxylic acids is 1. The fourth-order valence-electron chi connectivity index (χ4n) is 2.06. The van der Waals surface area contributed by atoms with Crippen LogP contribution in [0.4, 0.5) is 0 Å². The Kier molecular flexibility index (Phi) is 5.36. The molecule has 0 aliphatic carbocycles. The van der Waals surface area contributed by atoms with Crippen molar-refractivity contribution in [1.29, 1.82) is 0 Å². The van der Waals surface area contributed by atoms with Gasteiger partial charge in [0.05, 0.1) is 0 Å². The van der Waals surface area contributed by atoms with Crippen LogP contribution >= 0.6 is 0 Å². The summed E-state index contributed by atoms with van der Waals surface area (Å²) in [5, 5.41) is 11.7. The molecular formula is C18H19NO4. The molecule has 0 spiro atoms. The van der Waals surface area contributed by atoms with Crippen molar-refractivity contribution in [1.82, 2.24) is 5.32 Å². The minimum atomic E-state index is -1.05. The normalized spacial score (nSPS) is 11.8. The number of aliphatic carboxylic acids is 1. The minimum absolute atomic E-state index is 0.208. The number of amides is 1. The molecule has 1 atom stereocenters. The average Bonchev–Trinajstić information content (AvgIpc) is 2.53. The van der Waals surface area contributed by atoms with Gasteiger partial charge in [-0.1, -0.05) is 38.1 Å². The molecule has 1 unspecified atom stereocenters. The summed E-state index contributed by atoms with van der Waals surface area (Å²) in [5.74, 6) is -0.522. The molecule has 2 aromatic rings. The molecular weight excluding hydrogens is 294 g/mol. The van der Waals surface area contributed by atoms with Gasteiger partial charge in [-0.3, -0.25) is 4.79 Å². The van der Waals surface area contributed by atoms with E-state index < -0.39 is 17.9 Å². The zero-order valence-electron chi connectivity index (χ0n) is 13.0. The van der Waals surface area contributed by atoms with Crippen LogP contribution in [0.3, 0.4) is 0 Å². The first-order valence-electron chi connectivity index (χ1n) is 7.34. The van der Waals surface area contributed by atoms with Gasteiger partial charge in [0, 0.05) is 5.56 Å². The molecule has 2 rings (SSSR count). The summed E-state index contributed by atoms with van der Waals surface area (Å²) in [5.41, 5.74) is 0.352. The molecule has 0 radical (unpaired) electrons. The zero-order valence-corrected chi connectivity index (χ0v) is 13.0. The average molecular weight is 313 g/mol. The van der Waals surface area contributed by atoms with Crippen LogP contribution in [-0.4, -0.2) is 23.0 Å². The fourth-order valence-corrected chi connectivity index (χ4v) is 2.06. The zero-order chi connectivity index (χ0) is 16.8. The van der Waals surface area contributed by atoms with E-state index in [1.807, 2.05) is 30.3 Å². The third kappa shape index (κ3) is 4.57. The molecule has 0 aliphatic rings. The van der Waals surface area contributed by atoms with Crippen LogP contribution in [0, 0.1) is 5.92 Å². The van der Waals surface area contributed by atoms with Crippen molar-refractivity contribution in [3.8, 4) is 11.5 Å². The van der Waals surface area contributed by atoms with Crippen molar-refractivity contribution in [3.05, 3.63) is 60.2 Å². The van der Waals surface area contributed by atoms with Gasteiger partial charge in [0.25, 0.3) is 5.91 Å². The van der Waals surface area contributed by atoms with Gasteiger partial charge in [-0.25, -0.2) is 4.79 Å². The summed E-state index contributed by atoms with van der Waals surface area (Å²) in [7, 11) is 0. The van der Waals surface area contributed by atoms with Gasteiger partial charge in [0.15, 0.2) is 0 Å². The SMILES string of the molecule is CC(C)C(NC(=O)c1cccc(Oc2ccccc2)c1)C(=O)O. The predicted molar refractivity (Wildman–Crippen MR) is 86.7 cm³/mol. The number of nitrogens with one attached hydrogen (secondary N) is 1. The van der Waals surface area contributed by atoms with Crippen molar-refractivity contribution < 1.29 is 19.4 Å². The fraction of sp³-hybridized carbons (Fsp3) is 0.222. The Morgan fingerprint density at radius 1 is 1.00 bits per heavy atom. The highest BCUT2D eigenvalue weighted by Gasteiger charge is 2.24. The third-order valence-corrected chi connectivity index (χ3v) is 3.29. The summed E-state index contributed by atoms with van der Waals surface area (Å²) in [4.78, 5) is 23.4. The molecule has 0 fully saturated rings. The number of hydrogen-bond acceptors (Lipinski definition) is 3. The lowest BCUT2D eigenvalue weighted by Gasteiger charge is -2.18. The standard InChI is InChI=1S/C18H19NO4/c1-12(2)16(18(21)22)19-17(20)13-7-6-10-15(11-13)23-14-8-4-3-5-9-14/h3-12,16H,1-2H3,(H,19,20)(H,21,22). The number of benzene rings is 2. The van der Waals surface area contributed by atoms with Crippen molar-refractivity contribution in [2.45, 2.75) is 19.9 Å². The van der Waals surface area contributed by atoms with Crippen molar-refractivity contribution in [2.75, 3.05) is 0 Å². The maximum Gasteiger partial charge on any atom is 0.326 e. The maximum absolute atomic E-state index is 12.2. The Hall–Kier alpha value is -2.82. The first kappa shape index (κ1) is 16.5. The third-order valence-electron chi connectivity index (χ3n) is 3.29. The molecule has 120 valence electrons. The topological polar surface area (TPSA) is 75.6 Å². The first-order valence-corrected chi connectivity index (χ1v) is 7.34. The molecule has 0 aliphatic heterocycles. The molecule has 2 aromatic carbocycles. The highest BCUT2D eigenvalue weighted by atomic mass is 16.5. The second-order valence-electron chi connectivity index (χ2n) is 5.48. The lowest BCUT2D eigenvalue weighted by atomic mass is 10.0. The van der Waals surface area contributed by atoms with E-state index in [2.05, 4.69) is 5.32 Å². The highest BCUT2D eigenvalue weighted by molar-refractivity contribution is 5.97. The summed E-state index contributed by atoms with van der Waals surface area (Å²) in [6.07, 6.45) is 0. The lowest BCUT2D eigenvalue weighted by molar-refractivity contribution is -0.140. The smallest absolute Gasteiger partial charge is 0.326 e. The predicted octanol–water partition coefficient (Wildman–Crippen LogP) is 3.32. The number of hydrogen-bond donors (Lipinski definition) is 2. The number of carboxylic acid groups (broad SMARTS) is 1. The van der Waals surface area contributed by atoms with Crippen LogP contribution in [0.2, 0.25) is 0 Å². The van der Waals surface area contributed by atoms with Crippen molar-refractivity contribution >= 4 is 11.9 Å². The van der Waals surface area contributed by atoms with Gasteiger partial charge in [0.1, 0.15) is 17.5 Å². The Labute approximate surface area is 134 Å². The van der Waals surface area contributed by atoms with Crippen molar-refractivity contribution in [2.24, 2.45) is 5.92 Å². The maximum atomic E-state index is 12.2. The first-order chi connectivity index (χ1) is 11.0. The molecule has 0 aromatic heterocycles. The lowest BCUT2D eigenvalue weighted by Crippen LogP contribution is -2.44. The number of ether oxygens (including phenoxy) is 1. The number of para-hydroxylation sites is 1. The van der Waals surface area contributed by atoms with Crippen molar-refractivity contribution in [3.63, 3.8) is 0 Å². The Morgan fingerprint density at radius 2 is 1.65 bits per heavy atom. The second-order valence-corrected chi connectivity index (χ2v) is 5.48. The van der Waals surface area contributed by atoms with Gasteiger partial charge in [-0.05, 0) is 36.2 Å². The van der Waals surface area contributed by atoms with Crippen LogP contribution in [0.1, 0.15) is 24.2 Å². The molecule has 1 amide bonds. The molecule has 0 saturated heterocycles. The summed E-state index contributed by atoms with van der Waals surface area (Å²) < 4.78 is 5.67. The van der Waals surface area contributed by atoms with E-state index in [9.17, 15) is 9.59 Å². The van der Waals surface area contributed by atoms with Gasteiger partial charge in [0.2, 0.25) is 0 Å². The van der Waals surface area contributed by atoms with Crippen LogP contribution in [0.5, 0.6) is 11.5 Å². The number of carbonyl (C=O) groups is 2. The van der Waals surface area contributed by atoms with E-state index >= 15 is 0 Å². The minimum Gasteiger partial charge on any atom is -0.480 e. The van der Waals surface area contributed by atoms with Crippen LogP contribution in [0.15, 0.2) is 54.6 Å². The van der Waals surface area contributed by atoms with Crippen LogP contribution < -0.4 is 10.1 Å². The Bertz CT molecular complexity index is 682. The summed E-state index contributed by atoms with van der Waals surface area (Å²) in [6.45, 7) is 3.49. The van der Waals surface area contributed by atoms with Gasteiger partial charge >= 0.3 is 5.97 Å². The van der Waals surface area contributed by atoms with E-state index in [-0.39, 0.29) is 5.92 Å².